The molecule has 0 fully saturated rings. The summed E-state index contributed by atoms with van der Waals surface area (Å²) in [5.74, 6) is -1.81. The summed E-state index contributed by atoms with van der Waals surface area (Å²) in [5.41, 5.74) is 0.399. The second kappa shape index (κ2) is 8.00. The van der Waals surface area contributed by atoms with Crippen molar-refractivity contribution in [1.29, 1.82) is 0 Å². The van der Waals surface area contributed by atoms with E-state index in [9.17, 15) is 18.0 Å². The molecular formula is C13H15ClF3N3O2. The van der Waals surface area contributed by atoms with E-state index in [1.54, 1.807) is 12.1 Å². The van der Waals surface area contributed by atoms with Crippen molar-refractivity contribution in [3.63, 3.8) is 0 Å². The standard InChI is InChI=1S/C13H15ClF3N3O2/c1-9(13(15,16)17)8-18-20(6-7-21)12(22)19-11-4-2-10(14)3-5-11/h2-5,8-9,21H,6-7H2,1H3,(H,19,22)/b18-8+. The third kappa shape index (κ3) is 5.90. The highest BCUT2D eigenvalue weighted by Crippen LogP contribution is 2.24. The molecule has 1 aromatic rings. The molecule has 0 bridgehead atoms. The molecule has 1 aromatic carbocycles. The van der Waals surface area contributed by atoms with Crippen LogP contribution < -0.4 is 5.32 Å². The van der Waals surface area contributed by atoms with Crippen LogP contribution in [0.15, 0.2) is 29.4 Å². The van der Waals surface area contributed by atoms with Gasteiger partial charge in [0.2, 0.25) is 0 Å². The van der Waals surface area contributed by atoms with Crippen molar-refractivity contribution < 1.29 is 23.1 Å². The summed E-state index contributed by atoms with van der Waals surface area (Å²) in [4.78, 5) is 11.9. The smallest absolute Gasteiger partial charge is 0.394 e. The minimum absolute atomic E-state index is 0.236. The van der Waals surface area contributed by atoms with Gasteiger partial charge in [-0.15, -0.1) is 0 Å². The lowest BCUT2D eigenvalue weighted by Crippen LogP contribution is -2.34. The quantitative estimate of drug-likeness (QED) is 0.639. The van der Waals surface area contributed by atoms with Crippen LogP contribution >= 0.6 is 11.6 Å². The summed E-state index contributed by atoms with van der Waals surface area (Å²) >= 11 is 5.70. The van der Waals surface area contributed by atoms with E-state index < -0.39 is 24.7 Å². The lowest BCUT2D eigenvalue weighted by atomic mass is 10.2. The van der Waals surface area contributed by atoms with Gasteiger partial charge in [-0.2, -0.15) is 18.3 Å². The van der Waals surface area contributed by atoms with Crippen LogP contribution in [0.25, 0.3) is 0 Å². The molecule has 9 heteroatoms. The molecule has 5 nitrogen and oxygen atoms in total. The fourth-order valence-corrected chi connectivity index (χ4v) is 1.42. The number of nitrogens with zero attached hydrogens (tertiary/aromatic N) is 2. The Labute approximate surface area is 130 Å². The monoisotopic (exact) mass is 337 g/mol. The summed E-state index contributed by atoms with van der Waals surface area (Å²) < 4.78 is 37.2. The number of aliphatic hydroxyl groups is 1. The number of rotatable bonds is 5. The van der Waals surface area contributed by atoms with Crippen LogP contribution in [0.4, 0.5) is 23.7 Å². The Bertz CT molecular complexity index is 520. The largest absolute Gasteiger partial charge is 0.396 e. The molecule has 0 heterocycles. The Morgan fingerprint density at radius 1 is 1.45 bits per heavy atom. The summed E-state index contributed by atoms with van der Waals surface area (Å²) in [6.07, 6.45) is -3.84. The van der Waals surface area contributed by atoms with E-state index in [1.807, 2.05) is 0 Å². The average Bonchev–Trinajstić information content (AvgIpc) is 2.44. The number of hydrogen-bond donors (Lipinski definition) is 2. The number of alkyl halides is 3. The van der Waals surface area contributed by atoms with Crippen LogP contribution in [0.5, 0.6) is 0 Å². The lowest BCUT2D eigenvalue weighted by Gasteiger charge is -2.18. The number of hydrazone groups is 1. The van der Waals surface area contributed by atoms with Crippen LogP contribution in [0.2, 0.25) is 5.02 Å². The van der Waals surface area contributed by atoms with Crippen LogP contribution in [-0.2, 0) is 0 Å². The maximum atomic E-state index is 12.4. The molecule has 0 aromatic heterocycles. The minimum atomic E-state index is -4.44. The van der Waals surface area contributed by atoms with E-state index in [0.717, 1.165) is 11.9 Å². The number of carbonyl (C=O) groups is 1. The fourth-order valence-electron chi connectivity index (χ4n) is 1.29. The van der Waals surface area contributed by atoms with Gasteiger partial charge in [-0.05, 0) is 31.2 Å². The van der Waals surface area contributed by atoms with Crippen molar-refractivity contribution >= 4 is 29.5 Å². The Kier molecular flexibility index (Phi) is 6.63. The first-order valence-electron chi connectivity index (χ1n) is 6.30. The molecule has 0 aliphatic heterocycles. The second-order valence-corrected chi connectivity index (χ2v) is 4.82. The van der Waals surface area contributed by atoms with Crippen molar-refractivity contribution in [1.82, 2.24) is 5.01 Å². The second-order valence-electron chi connectivity index (χ2n) is 4.38. The van der Waals surface area contributed by atoms with E-state index in [0.29, 0.717) is 16.9 Å². The minimum Gasteiger partial charge on any atom is -0.394 e. The lowest BCUT2D eigenvalue weighted by molar-refractivity contribution is -0.149. The normalized spacial score (nSPS) is 13.2. The molecule has 0 saturated heterocycles. The first-order chi connectivity index (χ1) is 10.2. The summed E-state index contributed by atoms with van der Waals surface area (Å²) in [6, 6.07) is 5.38. The summed E-state index contributed by atoms with van der Waals surface area (Å²) in [5, 5.41) is 16.0. The Hall–Kier alpha value is -1.80. The van der Waals surface area contributed by atoms with Gasteiger partial charge in [-0.3, -0.25) is 0 Å². The number of urea groups is 1. The SMILES string of the molecule is CC(/C=N/N(CCO)C(=O)Nc1ccc(Cl)cc1)C(F)(F)F. The van der Waals surface area contributed by atoms with Gasteiger partial charge >= 0.3 is 12.2 Å². The molecular weight excluding hydrogens is 323 g/mol. The van der Waals surface area contributed by atoms with E-state index in [-0.39, 0.29) is 6.54 Å². The number of benzene rings is 1. The van der Waals surface area contributed by atoms with Gasteiger partial charge in [0.1, 0.15) is 0 Å². The zero-order valence-corrected chi connectivity index (χ0v) is 12.4. The number of nitrogens with one attached hydrogen (secondary N) is 1. The predicted molar refractivity (Wildman–Crippen MR) is 78.0 cm³/mol. The van der Waals surface area contributed by atoms with Crippen LogP contribution in [0.3, 0.4) is 0 Å². The first kappa shape index (κ1) is 18.2. The molecule has 0 aliphatic carbocycles. The topological polar surface area (TPSA) is 64.9 Å². The molecule has 122 valence electrons. The van der Waals surface area contributed by atoms with Gasteiger partial charge in [-0.25, -0.2) is 9.80 Å². The maximum Gasteiger partial charge on any atom is 0.396 e. The van der Waals surface area contributed by atoms with Crippen molar-refractivity contribution in [3.05, 3.63) is 29.3 Å². The molecule has 2 amide bonds. The molecule has 0 radical (unpaired) electrons. The van der Waals surface area contributed by atoms with Crippen molar-refractivity contribution in [2.24, 2.45) is 11.0 Å². The number of aliphatic hydroxyl groups excluding tert-OH is 1. The Morgan fingerprint density at radius 2 is 2.05 bits per heavy atom. The van der Waals surface area contributed by atoms with E-state index in [1.165, 1.54) is 12.1 Å². The van der Waals surface area contributed by atoms with Crippen LogP contribution in [0.1, 0.15) is 6.92 Å². The third-order valence-corrected chi connectivity index (χ3v) is 2.84. The van der Waals surface area contributed by atoms with E-state index in [4.69, 9.17) is 16.7 Å². The zero-order chi connectivity index (χ0) is 16.8. The Balaban J connectivity index is 2.75. The zero-order valence-electron chi connectivity index (χ0n) is 11.6. The molecule has 0 spiro atoms. The van der Waals surface area contributed by atoms with Crippen LogP contribution in [0, 0.1) is 5.92 Å². The van der Waals surface area contributed by atoms with Crippen LogP contribution in [-0.4, -0.2) is 41.7 Å². The fraction of sp³-hybridized carbons (Fsp3) is 0.385. The molecule has 1 atom stereocenters. The van der Waals surface area contributed by atoms with Crippen molar-refractivity contribution in [2.45, 2.75) is 13.1 Å². The van der Waals surface area contributed by atoms with E-state index >= 15 is 0 Å². The maximum absolute atomic E-state index is 12.4. The van der Waals surface area contributed by atoms with Gasteiger partial charge in [0.15, 0.2) is 0 Å². The molecule has 0 saturated carbocycles. The van der Waals surface area contributed by atoms with Gasteiger partial charge in [0, 0.05) is 16.9 Å². The van der Waals surface area contributed by atoms with Gasteiger partial charge in [-0.1, -0.05) is 11.6 Å². The number of hydrogen-bond acceptors (Lipinski definition) is 3. The van der Waals surface area contributed by atoms with Gasteiger partial charge in [0.05, 0.1) is 19.1 Å². The number of carbonyl (C=O) groups excluding carboxylic acids is 1. The Morgan fingerprint density at radius 3 is 2.55 bits per heavy atom. The van der Waals surface area contributed by atoms with Crippen molar-refractivity contribution in [3.8, 4) is 0 Å². The highest BCUT2D eigenvalue weighted by molar-refractivity contribution is 6.30. The predicted octanol–water partition coefficient (Wildman–Crippen LogP) is 3.35. The molecule has 0 aliphatic rings. The highest BCUT2D eigenvalue weighted by atomic mass is 35.5. The first-order valence-corrected chi connectivity index (χ1v) is 6.67. The average molecular weight is 338 g/mol. The molecule has 22 heavy (non-hydrogen) atoms. The van der Waals surface area contributed by atoms with Crippen molar-refractivity contribution in [2.75, 3.05) is 18.5 Å². The number of halogens is 4. The van der Waals surface area contributed by atoms with Gasteiger partial charge < -0.3 is 10.4 Å². The third-order valence-electron chi connectivity index (χ3n) is 2.59. The molecule has 1 unspecified atom stereocenters. The number of amides is 2. The highest BCUT2D eigenvalue weighted by Gasteiger charge is 2.35. The summed E-state index contributed by atoms with van der Waals surface area (Å²) in [6.45, 7) is 0.240. The molecule has 1 rings (SSSR count). The van der Waals surface area contributed by atoms with E-state index in [2.05, 4.69) is 10.4 Å². The number of anilines is 1. The summed E-state index contributed by atoms with van der Waals surface area (Å²) in [7, 11) is 0. The molecule has 2 N–H and O–H groups in total. The van der Waals surface area contributed by atoms with Gasteiger partial charge in [0.25, 0.3) is 0 Å².